The summed E-state index contributed by atoms with van der Waals surface area (Å²) in [5.74, 6) is -0.711. The summed E-state index contributed by atoms with van der Waals surface area (Å²) in [6, 6.07) is 6.91. The zero-order chi connectivity index (χ0) is 19.0. The number of esters is 1. The second-order valence-corrected chi connectivity index (χ2v) is 6.68. The minimum absolute atomic E-state index is 0.128. The van der Waals surface area contributed by atoms with Crippen molar-refractivity contribution in [3.05, 3.63) is 47.3 Å². The van der Waals surface area contributed by atoms with Gasteiger partial charge >= 0.3 is 5.97 Å². The lowest BCUT2D eigenvalue weighted by Gasteiger charge is -2.18. The van der Waals surface area contributed by atoms with Crippen LogP contribution in [0.4, 0.5) is 0 Å². The largest absolute Gasteiger partial charge is 0.464 e. The first-order valence-electron chi connectivity index (χ1n) is 8.67. The molecule has 0 bridgehead atoms. The van der Waals surface area contributed by atoms with Crippen LogP contribution in [0.25, 0.3) is 0 Å². The lowest BCUT2D eigenvalue weighted by molar-refractivity contribution is 0.0591. The van der Waals surface area contributed by atoms with Crippen LogP contribution in [0.15, 0.2) is 30.5 Å². The average molecular weight is 372 g/mol. The Morgan fingerprint density at radius 2 is 1.93 bits per heavy atom. The van der Waals surface area contributed by atoms with E-state index in [0.717, 1.165) is 5.56 Å². The van der Waals surface area contributed by atoms with Crippen LogP contribution in [0.2, 0.25) is 0 Å². The van der Waals surface area contributed by atoms with Crippen molar-refractivity contribution >= 4 is 11.9 Å². The van der Waals surface area contributed by atoms with Crippen molar-refractivity contribution in [3.8, 4) is 0 Å². The van der Waals surface area contributed by atoms with Crippen LogP contribution in [0.1, 0.15) is 32.5 Å². The third-order valence-electron chi connectivity index (χ3n) is 4.90. The number of fused-ring (bicyclic) bond motifs is 1. The molecule has 0 radical (unpaired) electrons. The lowest BCUT2D eigenvalue weighted by Crippen LogP contribution is -2.44. The first-order chi connectivity index (χ1) is 13.1. The maximum Gasteiger partial charge on any atom is 0.360 e. The van der Waals surface area contributed by atoms with E-state index in [4.69, 9.17) is 9.47 Å². The van der Waals surface area contributed by atoms with Crippen molar-refractivity contribution < 1.29 is 23.8 Å². The molecule has 2 aliphatic heterocycles. The summed E-state index contributed by atoms with van der Waals surface area (Å²) in [7, 11) is 1.29. The Kier molecular flexibility index (Phi) is 4.63. The third kappa shape index (κ3) is 3.31. The van der Waals surface area contributed by atoms with Gasteiger partial charge in [0.2, 0.25) is 0 Å². The van der Waals surface area contributed by atoms with E-state index < -0.39 is 5.97 Å². The lowest BCUT2D eigenvalue weighted by atomic mass is 10.1. The van der Waals surface area contributed by atoms with E-state index >= 15 is 0 Å². The monoisotopic (exact) mass is 372 g/mol. The van der Waals surface area contributed by atoms with E-state index in [0.29, 0.717) is 18.8 Å². The number of rotatable bonds is 4. The van der Waals surface area contributed by atoms with Crippen molar-refractivity contribution in [2.24, 2.45) is 0 Å². The van der Waals surface area contributed by atoms with E-state index in [9.17, 15) is 9.59 Å². The summed E-state index contributed by atoms with van der Waals surface area (Å²) in [5.41, 5.74) is 1.82. The molecule has 3 heterocycles. The number of methoxy groups -OCH3 is 1. The van der Waals surface area contributed by atoms with Crippen molar-refractivity contribution in [2.75, 3.05) is 20.3 Å². The molecule has 9 heteroatoms. The molecule has 2 fully saturated rings. The predicted molar refractivity (Wildman–Crippen MR) is 92.3 cm³/mol. The number of aryl methyl sites for hydroxylation is 1. The van der Waals surface area contributed by atoms with Gasteiger partial charge in [-0.3, -0.25) is 4.79 Å². The van der Waals surface area contributed by atoms with Gasteiger partial charge in [0, 0.05) is 5.56 Å². The molecular weight excluding hydrogens is 352 g/mol. The second-order valence-electron chi connectivity index (χ2n) is 6.68. The maximum absolute atomic E-state index is 12.5. The molecule has 27 heavy (non-hydrogen) atoms. The molecule has 0 aliphatic carbocycles. The molecule has 1 aromatic heterocycles. The first-order valence-corrected chi connectivity index (χ1v) is 8.67. The highest BCUT2D eigenvalue weighted by Gasteiger charge is 2.49. The van der Waals surface area contributed by atoms with Crippen LogP contribution >= 0.6 is 0 Å². The van der Waals surface area contributed by atoms with Gasteiger partial charge in [-0.05, 0) is 19.1 Å². The molecule has 0 unspecified atom stereocenters. The minimum Gasteiger partial charge on any atom is -0.464 e. The van der Waals surface area contributed by atoms with Crippen LogP contribution in [0.3, 0.4) is 0 Å². The standard InChI is InChI=1S/C18H20N4O5/c1-10-3-5-11(6-4-10)17(23)19-13-8-26-16-14(9-27-15(13)16)22-7-12(20-21-22)18(24)25-2/h3-7,13-16H,8-9H2,1-2H3,(H,19,23)/t13-,14+,15-,16+/m1/s1. The van der Waals surface area contributed by atoms with Crippen molar-refractivity contribution in [2.45, 2.75) is 31.2 Å². The second kappa shape index (κ2) is 7.09. The van der Waals surface area contributed by atoms with Gasteiger partial charge in [-0.25, -0.2) is 9.48 Å². The van der Waals surface area contributed by atoms with Crippen LogP contribution in [0.5, 0.6) is 0 Å². The number of amides is 1. The molecule has 4 atom stereocenters. The van der Waals surface area contributed by atoms with Crippen LogP contribution < -0.4 is 5.32 Å². The highest BCUT2D eigenvalue weighted by molar-refractivity contribution is 5.94. The fourth-order valence-corrected chi connectivity index (χ4v) is 3.42. The number of ether oxygens (including phenoxy) is 3. The molecule has 0 saturated carbocycles. The van der Waals surface area contributed by atoms with Crippen molar-refractivity contribution in [1.82, 2.24) is 20.3 Å². The highest BCUT2D eigenvalue weighted by atomic mass is 16.6. The Morgan fingerprint density at radius 1 is 1.19 bits per heavy atom. The summed E-state index contributed by atoms with van der Waals surface area (Å²) in [6.45, 7) is 2.68. The Hall–Kier alpha value is -2.78. The zero-order valence-electron chi connectivity index (χ0n) is 15.0. The quantitative estimate of drug-likeness (QED) is 0.780. The van der Waals surface area contributed by atoms with Gasteiger partial charge in [-0.15, -0.1) is 5.10 Å². The number of carbonyl (C=O) groups excluding carboxylic acids is 2. The molecule has 2 saturated heterocycles. The van der Waals surface area contributed by atoms with E-state index in [1.54, 1.807) is 16.8 Å². The number of hydrogen-bond donors (Lipinski definition) is 1. The van der Waals surface area contributed by atoms with Gasteiger partial charge in [0.1, 0.15) is 18.2 Å². The molecular formula is C18H20N4O5. The van der Waals surface area contributed by atoms with Gasteiger partial charge in [-0.1, -0.05) is 22.9 Å². The number of nitrogens with zero attached hydrogens (tertiary/aromatic N) is 3. The number of nitrogens with one attached hydrogen (secondary N) is 1. The molecule has 9 nitrogen and oxygen atoms in total. The average Bonchev–Trinajstić information content (AvgIpc) is 3.38. The Labute approximate surface area is 155 Å². The first kappa shape index (κ1) is 17.6. The van der Waals surface area contributed by atoms with E-state index in [-0.39, 0.29) is 35.9 Å². The Bertz CT molecular complexity index is 850. The molecule has 1 N–H and O–H groups in total. The van der Waals surface area contributed by atoms with E-state index in [2.05, 4.69) is 20.4 Å². The van der Waals surface area contributed by atoms with E-state index in [1.165, 1.54) is 13.3 Å². The molecule has 142 valence electrons. The highest BCUT2D eigenvalue weighted by Crippen LogP contribution is 2.34. The van der Waals surface area contributed by atoms with Crippen LogP contribution in [0, 0.1) is 6.92 Å². The fraction of sp³-hybridized carbons (Fsp3) is 0.444. The van der Waals surface area contributed by atoms with Gasteiger partial charge in [0.25, 0.3) is 5.91 Å². The molecule has 1 amide bonds. The van der Waals surface area contributed by atoms with Crippen LogP contribution in [-0.4, -0.2) is 65.4 Å². The fourth-order valence-electron chi connectivity index (χ4n) is 3.42. The van der Waals surface area contributed by atoms with E-state index in [1.807, 2.05) is 19.1 Å². The smallest absolute Gasteiger partial charge is 0.360 e. The Balaban J connectivity index is 1.42. The van der Waals surface area contributed by atoms with Crippen LogP contribution in [-0.2, 0) is 14.2 Å². The summed E-state index contributed by atoms with van der Waals surface area (Å²) in [6.07, 6.45) is 0.958. The van der Waals surface area contributed by atoms with Crippen molar-refractivity contribution in [3.63, 3.8) is 0 Å². The Morgan fingerprint density at radius 3 is 2.67 bits per heavy atom. The normalized spacial score (nSPS) is 26.6. The number of benzene rings is 1. The SMILES string of the molecule is COC(=O)c1cn([C@H]2CO[C@H]3[C@H]2OC[C@H]3NC(=O)c2ccc(C)cc2)nn1. The number of carbonyl (C=O) groups is 2. The molecule has 2 aromatic rings. The molecule has 4 rings (SSSR count). The van der Waals surface area contributed by atoms with Gasteiger partial charge in [0.05, 0.1) is 32.6 Å². The maximum atomic E-state index is 12.5. The number of aromatic nitrogens is 3. The number of hydrogen-bond acceptors (Lipinski definition) is 7. The van der Waals surface area contributed by atoms with Crippen molar-refractivity contribution in [1.29, 1.82) is 0 Å². The van der Waals surface area contributed by atoms with Gasteiger partial charge in [0.15, 0.2) is 5.69 Å². The zero-order valence-corrected chi connectivity index (χ0v) is 15.0. The predicted octanol–water partition coefficient (Wildman–Crippen LogP) is 0.510. The summed E-state index contributed by atoms with van der Waals surface area (Å²) in [5, 5.41) is 10.8. The summed E-state index contributed by atoms with van der Waals surface area (Å²) in [4.78, 5) is 24.0. The molecule has 0 spiro atoms. The molecule has 1 aromatic carbocycles. The summed E-state index contributed by atoms with van der Waals surface area (Å²) >= 11 is 0. The molecule has 2 aliphatic rings. The van der Waals surface area contributed by atoms with Gasteiger partial charge < -0.3 is 19.5 Å². The third-order valence-corrected chi connectivity index (χ3v) is 4.90. The minimum atomic E-state index is -0.549. The summed E-state index contributed by atoms with van der Waals surface area (Å²) < 4.78 is 17.9. The van der Waals surface area contributed by atoms with Gasteiger partial charge in [-0.2, -0.15) is 0 Å². The topological polar surface area (TPSA) is 105 Å².